The highest BCUT2D eigenvalue weighted by Crippen LogP contribution is 2.27. The van der Waals surface area contributed by atoms with E-state index in [0.29, 0.717) is 12.2 Å². The number of benzene rings is 1. The fourth-order valence-electron chi connectivity index (χ4n) is 2.79. The van der Waals surface area contributed by atoms with E-state index in [1.54, 1.807) is 6.92 Å². The van der Waals surface area contributed by atoms with Gasteiger partial charge in [-0.3, -0.25) is 4.79 Å². The molecule has 1 atom stereocenters. The zero-order chi connectivity index (χ0) is 19.3. The van der Waals surface area contributed by atoms with Crippen molar-refractivity contribution in [3.05, 3.63) is 47.2 Å². The number of carbonyl (C=O) groups excluding carboxylic acids is 2. The van der Waals surface area contributed by atoms with Gasteiger partial charge in [-0.2, -0.15) is 0 Å². The van der Waals surface area contributed by atoms with Gasteiger partial charge in [0.1, 0.15) is 6.54 Å². The second kappa shape index (κ2) is 8.70. The van der Waals surface area contributed by atoms with Crippen molar-refractivity contribution in [3.63, 3.8) is 0 Å². The first-order valence-electron chi connectivity index (χ1n) is 9.11. The van der Waals surface area contributed by atoms with Crippen LogP contribution in [0.3, 0.4) is 0 Å². The molecule has 0 saturated heterocycles. The van der Waals surface area contributed by atoms with Crippen LogP contribution in [0.2, 0.25) is 0 Å². The second-order valence-electron chi connectivity index (χ2n) is 6.58. The van der Waals surface area contributed by atoms with E-state index in [4.69, 9.17) is 4.74 Å². The number of esters is 1. The Labute approximate surface area is 155 Å². The second-order valence-corrected chi connectivity index (χ2v) is 6.58. The summed E-state index contributed by atoms with van der Waals surface area (Å²) in [6.07, 6.45) is 0.870. The molecule has 0 aliphatic heterocycles. The highest BCUT2D eigenvalue weighted by molar-refractivity contribution is 5.93. The number of aryl methyl sites for hydroxylation is 1. The van der Waals surface area contributed by atoms with Gasteiger partial charge in [-0.05, 0) is 45.7 Å². The van der Waals surface area contributed by atoms with Crippen LogP contribution in [-0.2, 0) is 16.1 Å². The monoisotopic (exact) mass is 356 g/mol. The van der Waals surface area contributed by atoms with E-state index in [1.807, 2.05) is 62.6 Å². The highest BCUT2D eigenvalue weighted by Gasteiger charge is 2.21. The van der Waals surface area contributed by atoms with E-state index in [-0.39, 0.29) is 24.5 Å². The van der Waals surface area contributed by atoms with Gasteiger partial charge in [0.25, 0.3) is 0 Å². The largest absolute Gasteiger partial charge is 0.462 e. The molecular weight excluding hydrogens is 328 g/mol. The third-order valence-corrected chi connectivity index (χ3v) is 4.53. The Morgan fingerprint density at radius 2 is 1.81 bits per heavy atom. The predicted molar refractivity (Wildman–Crippen MR) is 103 cm³/mol. The summed E-state index contributed by atoms with van der Waals surface area (Å²) in [5.41, 5.74) is 4.19. The molecule has 5 heteroatoms. The van der Waals surface area contributed by atoms with E-state index in [2.05, 4.69) is 5.32 Å². The van der Waals surface area contributed by atoms with Crippen LogP contribution in [0.5, 0.6) is 0 Å². The average Bonchev–Trinajstić information content (AvgIpc) is 2.92. The lowest BCUT2D eigenvalue weighted by molar-refractivity contribution is -0.122. The van der Waals surface area contributed by atoms with Gasteiger partial charge in [-0.1, -0.05) is 36.8 Å². The molecule has 2 aromatic rings. The molecule has 1 N–H and O–H groups in total. The predicted octanol–water partition coefficient (Wildman–Crippen LogP) is 3.86. The zero-order valence-corrected chi connectivity index (χ0v) is 16.3. The van der Waals surface area contributed by atoms with Crippen molar-refractivity contribution in [1.29, 1.82) is 0 Å². The Hall–Kier alpha value is -2.56. The maximum absolute atomic E-state index is 12.4. The molecule has 1 aromatic carbocycles. The van der Waals surface area contributed by atoms with Gasteiger partial charge in [0, 0.05) is 17.4 Å². The summed E-state index contributed by atoms with van der Waals surface area (Å²) in [6.45, 7) is 10.1. The maximum Gasteiger partial charge on any atom is 0.339 e. The molecule has 1 amide bonds. The SMILES string of the molecule is CCOC(=O)c1cc(-c2ccc(C)cc2)n(CC(=O)NC(C)CC)c1C. The third-order valence-electron chi connectivity index (χ3n) is 4.53. The summed E-state index contributed by atoms with van der Waals surface area (Å²) in [5, 5.41) is 2.98. The molecule has 1 aromatic heterocycles. The van der Waals surface area contributed by atoms with E-state index >= 15 is 0 Å². The molecule has 0 fully saturated rings. The summed E-state index contributed by atoms with van der Waals surface area (Å²) in [6, 6.07) is 9.97. The van der Waals surface area contributed by atoms with Crippen molar-refractivity contribution >= 4 is 11.9 Å². The van der Waals surface area contributed by atoms with Gasteiger partial charge >= 0.3 is 5.97 Å². The first-order valence-corrected chi connectivity index (χ1v) is 9.11. The van der Waals surface area contributed by atoms with Crippen LogP contribution >= 0.6 is 0 Å². The molecule has 0 aliphatic carbocycles. The molecular formula is C21H28N2O3. The molecule has 0 radical (unpaired) electrons. The molecule has 2 rings (SSSR count). The summed E-state index contributed by atoms with van der Waals surface area (Å²) < 4.78 is 7.05. The minimum absolute atomic E-state index is 0.0678. The normalized spacial score (nSPS) is 11.9. The van der Waals surface area contributed by atoms with Gasteiger partial charge in [0.05, 0.1) is 12.2 Å². The van der Waals surface area contributed by atoms with Crippen LogP contribution < -0.4 is 5.32 Å². The van der Waals surface area contributed by atoms with Crippen molar-refractivity contribution in [1.82, 2.24) is 9.88 Å². The number of hydrogen-bond donors (Lipinski definition) is 1. The lowest BCUT2D eigenvalue weighted by Gasteiger charge is -2.15. The van der Waals surface area contributed by atoms with Gasteiger partial charge < -0.3 is 14.6 Å². The average molecular weight is 356 g/mol. The number of ether oxygens (including phenoxy) is 1. The number of nitrogens with one attached hydrogen (secondary N) is 1. The van der Waals surface area contributed by atoms with Crippen molar-refractivity contribution < 1.29 is 14.3 Å². The van der Waals surface area contributed by atoms with Gasteiger partial charge in [-0.25, -0.2) is 4.79 Å². The Bertz CT molecular complexity index is 775. The number of hydrogen-bond acceptors (Lipinski definition) is 3. The van der Waals surface area contributed by atoms with E-state index < -0.39 is 0 Å². The molecule has 1 unspecified atom stereocenters. The van der Waals surface area contributed by atoms with Crippen molar-refractivity contribution in [3.8, 4) is 11.3 Å². The van der Waals surface area contributed by atoms with Crippen LogP contribution in [0, 0.1) is 13.8 Å². The number of rotatable bonds is 7. The standard InChI is InChI=1S/C21H28N2O3/c1-6-15(4)22-20(24)13-23-16(5)18(21(25)26-7-2)12-19(23)17-10-8-14(3)9-11-17/h8-12,15H,6-7,13H2,1-5H3,(H,22,24). The molecule has 26 heavy (non-hydrogen) atoms. The van der Waals surface area contributed by atoms with Crippen LogP contribution in [0.4, 0.5) is 0 Å². The van der Waals surface area contributed by atoms with Crippen molar-refractivity contribution in [2.24, 2.45) is 0 Å². The molecule has 1 heterocycles. The van der Waals surface area contributed by atoms with Gasteiger partial charge in [0.2, 0.25) is 5.91 Å². The first-order chi connectivity index (χ1) is 12.4. The van der Waals surface area contributed by atoms with Crippen LogP contribution in [-0.4, -0.2) is 29.1 Å². The summed E-state index contributed by atoms with van der Waals surface area (Å²) >= 11 is 0. The molecule has 0 aliphatic rings. The van der Waals surface area contributed by atoms with Crippen LogP contribution in [0.15, 0.2) is 30.3 Å². The molecule has 5 nitrogen and oxygen atoms in total. The highest BCUT2D eigenvalue weighted by atomic mass is 16.5. The molecule has 0 saturated carbocycles. The smallest absolute Gasteiger partial charge is 0.339 e. The van der Waals surface area contributed by atoms with Crippen LogP contribution in [0.25, 0.3) is 11.3 Å². The first kappa shape index (κ1) is 19.8. The summed E-state index contributed by atoms with van der Waals surface area (Å²) in [7, 11) is 0. The van der Waals surface area contributed by atoms with Gasteiger partial charge in [0.15, 0.2) is 0 Å². The van der Waals surface area contributed by atoms with Gasteiger partial charge in [-0.15, -0.1) is 0 Å². The Morgan fingerprint density at radius 3 is 2.38 bits per heavy atom. The topological polar surface area (TPSA) is 60.3 Å². The minimum Gasteiger partial charge on any atom is -0.462 e. The maximum atomic E-state index is 12.4. The fraction of sp³-hybridized carbons (Fsp3) is 0.429. The summed E-state index contributed by atoms with van der Waals surface area (Å²) in [5.74, 6) is -0.429. The number of carbonyl (C=O) groups is 2. The lowest BCUT2D eigenvalue weighted by Crippen LogP contribution is -2.35. The van der Waals surface area contributed by atoms with E-state index in [1.165, 1.54) is 0 Å². The number of amides is 1. The van der Waals surface area contributed by atoms with Crippen molar-refractivity contribution in [2.75, 3.05) is 6.61 Å². The molecule has 140 valence electrons. The van der Waals surface area contributed by atoms with E-state index in [0.717, 1.165) is 28.9 Å². The Balaban J connectivity index is 2.44. The summed E-state index contributed by atoms with van der Waals surface area (Å²) in [4.78, 5) is 24.7. The third kappa shape index (κ3) is 4.54. The molecule has 0 bridgehead atoms. The van der Waals surface area contributed by atoms with Crippen molar-refractivity contribution in [2.45, 2.75) is 53.6 Å². The molecule has 0 spiro atoms. The fourth-order valence-corrected chi connectivity index (χ4v) is 2.79. The van der Waals surface area contributed by atoms with E-state index in [9.17, 15) is 9.59 Å². The Morgan fingerprint density at radius 1 is 1.15 bits per heavy atom. The minimum atomic E-state index is -0.362. The zero-order valence-electron chi connectivity index (χ0n) is 16.3. The van der Waals surface area contributed by atoms with Crippen LogP contribution in [0.1, 0.15) is 48.8 Å². The quantitative estimate of drug-likeness (QED) is 0.766. The lowest BCUT2D eigenvalue weighted by atomic mass is 10.1. The number of nitrogens with zero attached hydrogens (tertiary/aromatic N) is 1. The number of aromatic nitrogens is 1. The Kier molecular flexibility index (Phi) is 6.61.